The van der Waals surface area contributed by atoms with Crippen LogP contribution in [0.25, 0.3) is 0 Å². The first-order valence-corrected chi connectivity index (χ1v) is 3.98. The Bertz CT molecular complexity index is 58.3. The third-order valence-corrected chi connectivity index (χ3v) is 0. The van der Waals surface area contributed by atoms with Gasteiger partial charge < -0.3 is 5.73 Å². The molecule has 0 radical (unpaired) electrons. The van der Waals surface area contributed by atoms with E-state index < -0.39 is 8.03 Å². The lowest BCUT2D eigenvalue weighted by molar-refractivity contribution is 0.509. The summed E-state index contributed by atoms with van der Waals surface area (Å²) in [5.74, 6) is 0. The van der Waals surface area contributed by atoms with Gasteiger partial charge in [0.1, 0.15) is 0 Å². The Balaban J connectivity index is 0. The van der Waals surface area contributed by atoms with Crippen LogP contribution in [-0.2, 0) is 4.57 Å². The van der Waals surface area contributed by atoms with Crippen LogP contribution in [0.1, 0.15) is 13.8 Å². The van der Waals surface area contributed by atoms with Crippen molar-refractivity contribution in [2.75, 3.05) is 6.66 Å². The van der Waals surface area contributed by atoms with Crippen molar-refractivity contribution < 1.29 is 9.46 Å². The standard InChI is InChI=1S/C3H9N.CH3O2P/c1-3(2)4;1-4(2)3/h3H,4H2,1-2H3;1H3/p+1. The average molecular weight is 138 g/mol. The highest BCUT2D eigenvalue weighted by atomic mass is 31.1. The molecule has 4 heteroatoms. The Kier molecular flexibility index (Phi) is 9.57. The maximum absolute atomic E-state index is 9.15. The van der Waals surface area contributed by atoms with E-state index in [1.807, 2.05) is 13.8 Å². The molecule has 0 spiro atoms. The van der Waals surface area contributed by atoms with Gasteiger partial charge in [-0.25, -0.2) is 0 Å². The van der Waals surface area contributed by atoms with Gasteiger partial charge in [0.2, 0.25) is 0 Å². The van der Waals surface area contributed by atoms with E-state index in [1.165, 1.54) is 6.66 Å². The van der Waals surface area contributed by atoms with Crippen molar-refractivity contribution in [2.45, 2.75) is 19.9 Å². The van der Waals surface area contributed by atoms with E-state index in [4.69, 9.17) is 15.2 Å². The van der Waals surface area contributed by atoms with Gasteiger partial charge in [0.15, 0.2) is 6.66 Å². The maximum atomic E-state index is 9.15. The van der Waals surface area contributed by atoms with Crippen molar-refractivity contribution in [3.63, 3.8) is 0 Å². The van der Waals surface area contributed by atoms with Crippen LogP contribution in [0.4, 0.5) is 0 Å². The minimum absolute atomic E-state index is 0.333. The lowest BCUT2D eigenvalue weighted by atomic mass is 10.5. The summed E-state index contributed by atoms with van der Waals surface area (Å²) in [6.45, 7) is 5.12. The van der Waals surface area contributed by atoms with Gasteiger partial charge >= 0.3 is 8.03 Å². The molecule has 0 aromatic rings. The summed E-state index contributed by atoms with van der Waals surface area (Å²) in [6, 6.07) is 0.333. The van der Waals surface area contributed by atoms with Crippen LogP contribution in [0, 0.1) is 0 Å². The van der Waals surface area contributed by atoms with Gasteiger partial charge in [0, 0.05) is 0 Å². The molecule has 0 bridgehead atoms. The molecule has 0 rings (SSSR count). The van der Waals surface area contributed by atoms with Gasteiger partial charge in [-0.2, -0.15) is 4.89 Å². The molecule has 0 aliphatic carbocycles. The van der Waals surface area contributed by atoms with Crippen LogP contribution in [0.3, 0.4) is 0 Å². The monoisotopic (exact) mass is 138 g/mol. The largest absolute Gasteiger partial charge is 0.502 e. The molecule has 0 aliphatic heterocycles. The van der Waals surface area contributed by atoms with E-state index in [0.29, 0.717) is 6.04 Å². The van der Waals surface area contributed by atoms with Crippen LogP contribution in [0.2, 0.25) is 0 Å². The van der Waals surface area contributed by atoms with E-state index in [-0.39, 0.29) is 0 Å². The first kappa shape index (κ1) is 10.9. The van der Waals surface area contributed by atoms with Crippen LogP contribution >= 0.6 is 8.03 Å². The molecule has 1 unspecified atom stereocenters. The number of hydrogen-bond acceptors (Lipinski definition) is 2. The van der Waals surface area contributed by atoms with Crippen molar-refractivity contribution in [1.29, 1.82) is 0 Å². The second-order valence-corrected chi connectivity index (χ2v) is 2.64. The Morgan fingerprint density at radius 1 is 1.62 bits per heavy atom. The average Bonchev–Trinajstić information content (AvgIpc) is 1.25. The smallest absolute Gasteiger partial charge is 0.328 e. The Labute approximate surface area is 50.8 Å². The normalized spacial score (nSPS) is 10.0. The van der Waals surface area contributed by atoms with Crippen molar-refractivity contribution in [3.05, 3.63) is 0 Å². The molecular formula is C4H13NO2P+. The summed E-state index contributed by atoms with van der Waals surface area (Å²) in [5, 5.41) is 0. The Hall–Kier alpha value is 0.0200. The summed E-state index contributed by atoms with van der Waals surface area (Å²) in [5.41, 5.74) is 5.11. The minimum Gasteiger partial charge on any atom is -0.328 e. The van der Waals surface area contributed by atoms with Gasteiger partial charge in [-0.05, 0) is 10.6 Å². The molecule has 0 heterocycles. The molecule has 3 N–H and O–H groups in total. The van der Waals surface area contributed by atoms with Crippen LogP contribution < -0.4 is 5.73 Å². The van der Waals surface area contributed by atoms with Gasteiger partial charge in [-0.15, -0.1) is 0 Å². The fourth-order valence-electron chi connectivity index (χ4n) is 0. The highest BCUT2D eigenvalue weighted by Crippen LogP contribution is 1.99. The zero-order valence-electron chi connectivity index (χ0n) is 5.46. The fourth-order valence-corrected chi connectivity index (χ4v) is 0. The molecule has 3 nitrogen and oxygen atoms in total. The molecule has 50 valence electrons. The first-order chi connectivity index (χ1) is 3.46. The van der Waals surface area contributed by atoms with Crippen LogP contribution in [0.5, 0.6) is 0 Å². The first-order valence-electron chi connectivity index (χ1n) is 2.32. The summed E-state index contributed by atoms with van der Waals surface area (Å²) in [7, 11) is -1.87. The lowest BCUT2D eigenvalue weighted by Crippen LogP contribution is -2.06. The highest BCUT2D eigenvalue weighted by molar-refractivity contribution is 7.36. The van der Waals surface area contributed by atoms with Gasteiger partial charge in [-0.1, -0.05) is 13.8 Å². The number of hydrogen-bond donors (Lipinski definition) is 2. The van der Waals surface area contributed by atoms with E-state index >= 15 is 0 Å². The van der Waals surface area contributed by atoms with Crippen LogP contribution in [-0.4, -0.2) is 17.6 Å². The van der Waals surface area contributed by atoms with Crippen molar-refractivity contribution >= 4 is 8.03 Å². The summed E-state index contributed by atoms with van der Waals surface area (Å²) >= 11 is 0. The molecule has 0 saturated heterocycles. The second-order valence-electron chi connectivity index (χ2n) is 1.71. The summed E-state index contributed by atoms with van der Waals surface area (Å²) in [4.78, 5) is 7.56. The molecule has 0 fully saturated rings. The summed E-state index contributed by atoms with van der Waals surface area (Å²) in [6.07, 6.45) is 0. The second kappa shape index (κ2) is 7.02. The van der Waals surface area contributed by atoms with E-state index in [1.54, 1.807) is 0 Å². The summed E-state index contributed by atoms with van der Waals surface area (Å²) < 4.78 is 9.15. The topological polar surface area (TPSA) is 63.3 Å². The van der Waals surface area contributed by atoms with E-state index in [9.17, 15) is 0 Å². The van der Waals surface area contributed by atoms with Crippen LogP contribution in [0.15, 0.2) is 0 Å². The molecule has 0 saturated carbocycles. The molecule has 0 aliphatic rings. The number of rotatable bonds is 0. The van der Waals surface area contributed by atoms with Crippen molar-refractivity contribution in [1.82, 2.24) is 0 Å². The molecule has 8 heavy (non-hydrogen) atoms. The van der Waals surface area contributed by atoms with Gasteiger partial charge in [0.25, 0.3) is 0 Å². The molecule has 0 amide bonds. The zero-order valence-corrected chi connectivity index (χ0v) is 6.35. The highest BCUT2D eigenvalue weighted by Gasteiger charge is 1.86. The molecule has 0 aromatic heterocycles. The predicted molar refractivity (Wildman–Crippen MR) is 35.1 cm³/mol. The third kappa shape index (κ3) is 379000. The quantitative estimate of drug-likeness (QED) is 0.484. The maximum Gasteiger partial charge on any atom is 0.502 e. The van der Waals surface area contributed by atoms with Gasteiger partial charge in [0.05, 0.1) is 0 Å². The predicted octanol–water partition coefficient (Wildman–Crippen LogP) is 0.704. The van der Waals surface area contributed by atoms with Crippen molar-refractivity contribution in [2.24, 2.45) is 5.73 Å². The lowest BCUT2D eigenvalue weighted by Gasteiger charge is -1.81. The zero-order chi connectivity index (χ0) is 7.15. The third-order valence-electron chi connectivity index (χ3n) is 0. The fraction of sp³-hybridized carbons (Fsp3) is 1.00. The molecule has 0 aromatic carbocycles. The Morgan fingerprint density at radius 3 is 1.62 bits per heavy atom. The Morgan fingerprint density at radius 2 is 1.62 bits per heavy atom. The van der Waals surface area contributed by atoms with E-state index in [0.717, 1.165) is 0 Å². The molecule has 1 atom stereocenters. The minimum atomic E-state index is -1.87. The van der Waals surface area contributed by atoms with E-state index in [2.05, 4.69) is 0 Å². The number of nitrogens with two attached hydrogens (primary N) is 1. The van der Waals surface area contributed by atoms with Crippen molar-refractivity contribution in [3.8, 4) is 0 Å². The SMILES string of the molecule is CC(C)N.C[P+](=O)O. The molecular weight excluding hydrogens is 125 g/mol. The van der Waals surface area contributed by atoms with Gasteiger partial charge in [-0.3, -0.25) is 0 Å².